The lowest BCUT2D eigenvalue weighted by Crippen LogP contribution is -2.14. The van der Waals surface area contributed by atoms with E-state index in [4.69, 9.17) is 4.74 Å². The van der Waals surface area contributed by atoms with E-state index in [0.717, 1.165) is 5.56 Å². The Morgan fingerprint density at radius 2 is 1.86 bits per heavy atom. The van der Waals surface area contributed by atoms with Crippen LogP contribution in [0.1, 0.15) is 23.0 Å². The van der Waals surface area contributed by atoms with Gasteiger partial charge in [0.2, 0.25) is 0 Å². The number of pyridine rings is 1. The third-order valence-electron chi connectivity index (χ3n) is 3.95. The van der Waals surface area contributed by atoms with E-state index >= 15 is 0 Å². The Morgan fingerprint density at radius 1 is 1.07 bits per heavy atom. The molecule has 3 aromatic rings. The Hall–Kier alpha value is -3.80. The number of nitrogens with one attached hydrogen (secondary N) is 1. The number of halogens is 1. The van der Waals surface area contributed by atoms with Gasteiger partial charge in [0, 0.05) is 17.3 Å². The van der Waals surface area contributed by atoms with Gasteiger partial charge in [-0.15, -0.1) is 0 Å². The van der Waals surface area contributed by atoms with Crippen LogP contribution in [-0.2, 0) is 9.53 Å². The van der Waals surface area contributed by atoms with Crippen LogP contribution in [0.15, 0.2) is 72.8 Å². The third kappa shape index (κ3) is 5.59. The molecule has 0 fully saturated rings. The number of hydrogen-bond donors (Lipinski definition) is 1. The lowest BCUT2D eigenvalue weighted by atomic mass is 10.1. The lowest BCUT2D eigenvalue weighted by molar-refractivity contribution is -0.137. The second-order valence-corrected chi connectivity index (χ2v) is 6.08. The van der Waals surface area contributed by atoms with Gasteiger partial charge in [0.15, 0.2) is 0 Å². The van der Waals surface area contributed by atoms with Gasteiger partial charge in [-0.05, 0) is 55.0 Å². The molecule has 1 N–H and O–H groups in total. The van der Waals surface area contributed by atoms with Gasteiger partial charge in [-0.3, -0.25) is 4.79 Å². The van der Waals surface area contributed by atoms with Crippen LogP contribution < -0.4 is 5.32 Å². The van der Waals surface area contributed by atoms with E-state index in [1.54, 1.807) is 67.6 Å². The van der Waals surface area contributed by atoms with Crippen LogP contribution in [-0.4, -0.2) is 23.5 Å². The molecule has 1 aromatic heterocycles. The predicted molar refractivity (Wildman–Crippen MR) is 110 cm³/mol. The maximum Gasteiger partial charge on any atom is 0.330 e. The first kappa shape index (κ1) is 19.9. The number of esters is 1. The second-order valence-electron chi connectivity index (χ2n) is 6.08. The largest absolute Gasteiger partial charge is 0.463 e. The van der Waals surface area contributed by atoms with Crippen molar-refractivity contribution < 1.29 is 18.7 Å². The zero-order valence-electron chi connectivity index (χ0n) is 15.8. The summed E-state index contributed by atoms with van der Waals surface area (Å²) in [5.41, 5.74) is 2.59. The molecule has 146 valence electrons. The molecule has 0 aliphatic rings. The van der Waals surface area contributed by atoms with Crippen molar-refractivity contribution in [3.8, 4) is 11.3 Å². The molecule has 0 aliphatic heterocycles. The highest BCUT2D eigenvalue weighted by Gasteiger charge is 2.10. The van der Waals surface area contributed by atoms with E-state index < -0.39 is 11.9 Å². The minimum absolute atomic E-state index is 0.208. The molecule has 29 heavy (non-hydrogen) atoms. The number of amides is 1. The molecule has 1 heterocycles. The normalized spacial score (nSPS) is 10.7. The minimum atomic E-state index is -0.430. The summed E-state index contributed by atoms with van der Waals surface area (Å²) in [5, 5.41) is 2.78. The fraction of sp³-hybridized carbons (Fsp3) is 0.0870. The lowest BCUT2D eigenvalue weighted by Gasteiger charge is -2.07. The Labute approximate surface area is 167 Å². The molecular formula is C23H19FN2O3. The maximum atomic E-state index is 13.5. The smallest absolute Gasteiger partial charge is 0.330 e. The number of benzene rings is 2. The molecule has 0 aliphatic carbocycles. The Balaban J connectivity index is 1.75. The molecule has 0 saturated heterocycles. The van der Waals surface area contributed by atoms with E-state index in [0.29, 0.717) is 23.6 Å². The number of carbonyl (C=O) groups excluding carboxylic acids is 2. The highest BCUT2D eigenvalue weighted by Crippen LogP contribution is 2.19. The average Bonchev–Trinajstić information content (AvgIpc) is 2.73. The monoisotopic (exact) mass is 390 g/mol. The number of hydrogen-bond acceptors (Lipinski definition) is 4. The summed E-state index contributed by atoms with van der Waals surface area (Å²) in [6.07, 6.45) is 2.94. The Morgan fingerprint density at radius 3 is 2.66 bits per heavy atom. The molecule has 2 aromatic carbocycles. The van der Waals surface area contributed by atoms with Crippen molar-refractivity contribution in [2.75, 3.05) is 11.9 Å². The molecule has 0 bridgehead atoms. The van der Waals surface area contributed by atoms with Gasteiger partial charge < -0.3 is 10.1 Å². The zero-order valence-corrected chi connectivity index (χ0v) is 15.8. The van der Waals surface area contributed by atoms with Crippen molar-refractivity contribution in [3.63, 3.8) is 0 Å². The quantitative estimate of drug-likeness (QED) is 0.489. The first-order valence-corrected chi connectivity index (χ1v) is 9.04. The van der Waals surface area contributed by atoms with Crippen molar-refractivity contribution >= 4 is 23.6 Å². The Bertz CT molecular complexity index is 1060. The van der Waals surface area contributed by atoms with Crippen LogP contribution in [0.25, 0.3) is 17.3 Å². The summed E-state index contributed by atoms with van der Waals surface area (Å²) in [6, 6.07) is 18.1. The molecule has 0 unspecified atom stereocenters. The third-order valence-corrected chi connectivity index (χ3v) is 3.95. The zero-order chi connectivity index (χ0) is 20.6. The minimum Gasteiger partial charge on any atom is -0.463 e. The van der Waals surface area contributed by atoms with Crippen LogP contribution in [0.5, 0.6) is 0 Å². The fourth-order valence-electron chi connectivity index (χ4n) is 2.64. The van der Waals surface area contributed by atoms with Gasteiger partial charge in [-0.25, -0.2) is 14.2 Å². The molecule has 3 rings (SSSR count). The standard InChI is InChI=1S/C23H19FN2O3/c1-2-29-22(27)13-12-16-6-3-9-19(14-16)25-23(28)21-11-5-10-20(26-21)17-7-4-8-18(24)15-17/h3-15H,2H2,1H3,(H,25,28). The van der Waals surface area contributed by atoms with Crippen molar-refractivity contribution in [2.45, 2.75) is 6.92 Å². The summed E-state index contributed by atoms with van der Waals surface area (Å²) in [4.78, 5) is 28.3. The van der Waals surface area contributed by atoms with Gasteiger partial charge in [0.05, 0.1) is 12.3 Å². The number of carbonyl (C=O) groups is 2. The van der Waals surface area contributed by atoms with Crippen molar-refractivity contribution in [1.29, 1.82) is 0 Å². The molecule has 0 spiro atoms. The van der Waals surface area contributed by atoms with E-state index in [2.05, 4.69) is 10.3 Å². The van der Waals surface area contributed by atoms with E-state index in [9.17, 15) is 14.0 Å². The molecule has 0 radical (unpaired) electrons. The number of anilines is 1. The van der Waals surface area contributed by atoms with Crippen LogP contribution >= 0.6 is 0 Å². The second kappa shape index (κ2) is 9.41. The summed E-state index contributed by atoms with van der Waals surface area (Å²) in [7, 11) is 0. The van der Waals surface area contributed by atoms with Gasteiger partial charge in [-0.1, -0.05) is 30.3 Å². The van der Waals surface area contributed by atoms with Crippen molar-refractivity contribution in [1.82, 2.24) is 4.98 Å². The highest BCUT2D eigenvalue weighted by molar-refractivity contribution is 6.03. The average molecular weight is 390 g/mol. The van der Waals surface area contributed by atoms with Crippen LogP contribution in [0.3, 0.4) is 0 Å². The number of rotatable bonds is 6. The maximum absolute atomic E-state index is 13.5. The van der Waals surface area contributed by atoms with Gasteiger partial charge in [0.25, 0.3) is 5.91 Å². The number of ether oxygens (including phenoxy) is 1. The molecule has 5 nitrogen and oxygen atoms in total. The van der Waals surface area contributed by atoms with Crippen LogP contribution in [0.4, 0.5) is 10.1 Å². The van der Waals surface area contributed by atoms with Crippen molar-refractivity contribution in [3.05, 3.63) is 89.9 Å². The van der Waals surface area contributed by atoms with E-state index in [1.807, 2.05) is 0 Å². The molecule has 6 heteroatoms. The van der Waals surface area contributed by atoms with Gasteiger partial charge in [0.1, 0.15) is 11.5 Å². The summed E-state index contributed by atoms with van der Waals surface area (Å²) in [5.74, 6) is -1.19. The topological polar surface area (TPSA) is 68.3 Å². The first-order valence-electron chi connectivity index (χ1n) is 9.04. The van der Waals surface area contributed by atoms with Crippen LogP contribution in [0.2, 0.25) is 0 Å². The molecule has 1 amide bonds. The van der Waals surface area contributed by atoms with Gasteiger partial charge >= 0.3 is 5.97 Å². The Kier molecular flexibility index (Phi) is 6.47. The van der Waals surface area contributed by atoms with E-state index in [-0.39, 0.29) is 11.5 Å². The summed E-state index contributed by atoms with van der Waals surface area (Å²) >= 11 is 0. The summed E-state index contributed by atoms with van der Waals surface area (Å²) in [6.45, 7) is 2.04. The van der Waals surface area contributed by atoms with Gasteiger partial charge in [-0.2, -0.15) is 0 Å². The number of aromatic nitrogens is 1. The highest BCUT2D eigenvalue weighted by atomic mass is 19.1. The molecule has 0 saturated carbocycles. The molecule has 0 atom stereocenters. The van der Waals surface area contributed by atoms with Crippen molar-refractivity contribution in [2.24, 2.45) is 0 Å². The molecular weight excluding hydrogens is 371 g/mol. The van der Waals surface area contributed by atoms with Crippen LogP contribution in [0, 0.1) is 5.82 Å². The predicted octanol–water partition coefficient (Wildman–Crippen LogP) is 4.72. The fourth-order valence-corrected chi connectivity index (χ4v) is 2.64. The number of nitrogens with zero attached hydrogens (tertiary/aromatic N) is 1. The first-order chi connectivity index (χ1) is 14.0. The van der Waals surface area contributed by atoms with E-state index in [1.165, 1.54) is 18.2 Å². The SMILES string of the molecule is CCOC(=O)C=Cc1cccc(NC(=O)c2cccc(-c3cccc(F)c3)n2)c1. The summed E-state index contributed by atoms with van der Waals surface area (Å²) < 4.78 is 18.3.